The summed E-state index contributed by atoms with van der Waals surface area (Å²) >= 11 is 0. The van der Waals surface area contributed by atoms with Gasteiger partial charge < -0.3 is 15.1 Å². The van der Waals surface area contributed by atoms with Gasteiger partial charge in [0.15, 0.2) is 0 Å². The zero-order valence-corrected chi connectivity index (χ0v) is 15.3. The van der Waals surface area contributed by atoms with Crippen LogP contribution in [0, 0.1) is 20.2 Å². The average molecular weight is 413 g/mol. The van der Waals surface area contributed by atoms with Gasteiger partial charge >= 0.3 is 0 Å². The summed E-state index contributed by atoms with van der Waals surface area (Å²) in [5, 5.41) is 42.4. The summed E-state index contributed by atoms with van der Waals surface area (Å²) in [6.45, 7) is -0.806. The van der Waals surface area contributed by atoms with E-state index >= 15 is 0 Å². The number of likely N-dealkylation sites (tertiary alicyclic amines) is 1. The van der Waals surface area contributed by atoms with Crippen molar-refractivity contribution in [3.05, 3.63) is 85.5 Å². The van der Waals surface area contributed by atoms with Crippen LogP contribution in [-0.2, 0) is 9.59 Å². The van der Waals surface area contributed by atoms with Crippen LogP contribution < -0.4 is 0 Å². The number of aliphatic hydroxyl groups is 2. The SMILES string of the molecule is O=C1C(=O)N(CCO)[C@@H](c2ccccc2[N+](=O)[O-])/C1=C(\O)c1ccc([N+](=O)[O-])cc1. The average Bonchev–Trinajstić information content (AvgIpc) is 2.98. The second-order valence-electron chi connectivity index (χ2n) is 6.34. The summed E-state index contributed by atoms with van der Waals surface area (Å²) in [7, 11) is 0. The lowest BCUT2D eigenvalue weighted by Gasteiger charge is -2.24. The van der Waals surface area contributed by atoms with Crippen LogP contribution in [0.15, 0.2) is 54.1 Å². The Morgan fingerprint density at radius 3 is 2.20 bits per heavy atom. The van der Waals surface area contributed by atoms with Crippen LogP contribution in [0.2, 0.25) is 0 Å². The fraction of sp³-hybridized carbons (Fsp3) is 0.158. The molecular weight excluding hydrogens is 398 g/mol. The molecule has 0 aromatic heterocycles. The molecular formula is C19H15N3O8. The number of non-ortho nitro benzene ring substituents is 1. The van der Waals surface area contributed by atoms with E-state index in [1.165, 1.54) is 36.4 Å². The van der Waals surface area contributed by atoms with Gasteiger partial charge in [0.1, 0.15) is 5.76 Å². The number of aliphatic hydroxyl groups excluding tert-OH is 2. The number of ketones is 1. The highest BCUT2D eigenvalue weighted by atomic mass is 16.6. The molecule has 0 bridgehead atoms. The Morgan fingerprint density at radius 1 is 1.00 bits per heavy atom. The number of Topliss-reactive ketones (excluding diaryl/α,β-unsaturated/α-hetero) is 1. The summed E-state index contributed by atoms with van der Waals surface area (Å²) in [4.78, 5) is 47.1. The van der Waals surface area contributed by atoms with Gasteiger partial charge in [-0.05, 0) is 18.2 Å². The molecule has 1 saturated heterocycles. The first kappa shape index (κ1) is 20.6. The molecule has 154 valence electrons. The number of carbonyl (C=O) groups excluding carboxylic acids is 2. The maximum atomic E-state index is 12.7. The van der Waals surface area contributed by atoms with Gasteiger partial charge in [0, 0.05) is 30.3 Å². The number of nitro groups is 2. The molecule has 1 fully saturated rings. The third-order valence-corrected chi connectivity index (χ3v) is 4.66. The molecule has 0 saturated carbocycles. The van der Waals surface area contributed by atoms with Crippen molar-refractivity contribution in [3.8, 4) is 0 Å². The predicted molar refractivity (Wildman–Crippen MR) is 102 cm³/mol. The van der Waals surface area contributed by atoms with Crippen LogP contribution in [0.1, 0.15) is 17.2 Å². The predicted octanol–water partition coefficient (Wildman–Crippen LogP) is 1.92. The molecule has 3 rings (SSSR count). The standard InChI is InChI=1S/C19H15N3O8/c23-10-9-20-16(13-3-1-2-4-14(13)22(29)30)15(18(25)19(20)26)17(24)11-5-7-12(8-6-11)21(27)28/h1-8,16,23-24H,9-10H2/b17-15+/t16-/m0/s1. The number of amides is 1. The van der Waals surface area contributed by atoms with E-state index in [-0.39, 0.29) is 29.0 Å². The molecule has 2 aromatic rings. The number of carbonyl (C=O) groups is 2. The van der Waals surface area contributed by atoms with E-state index in [0.29, 0.717) is 0 Å². The molecule has 1 aliphatic heterocycles. The van der Waals surface area contributed by atoms with Gasteiger partial charge in [0.2, 0.25) is 0 Å². The lowest BCUT2D eigenvalue weighted by molar-refractivity contribution is -0.385. The Bertz CT molecular complexity index is 1080. The molecule has 1 amide bonds. The molecule has 1 aliphatic rings. The highest BCUT2D eigenvalue weighted by Crippen LogP contribution is 2.42. The van der Waals surface area contributed by atoms with Crippen molar-refractivity contribution < 1.29 is 29.6 Å². The summed E-state index contributed by atoms with van der Waals surface area (Å²) in [5.74, 6) is -2.75. The Kier molecular flexibility index (Phi) is 5.56. The number of β-amino-alcohol motifs (C(OH)–C–C–N with tert-alkyl or cyclic N) is 1. The van der Waals surface area contributed by atoms with Crippen LogP contribution >= 0.6 is 0 Å². The minimum Gasteiger partial charge on any atom is -0.507 e. The summed E-state index contributed by atoms with van der Waals surface area (Å²) in [6.07, 6.45) is 0. The van der Waals surface area contributed by atoms with E-state index in [9.17, 15) is 40.0 Å². The van der Waals surface area contributed by atoms with Crippen molar-refractivity contribution in [2.45, 2.75) is 6.04 Å². The fourth-order valence-corrected chi connectivity index (χ4v) is 3.32. The third kappa shape index (κ3) is 3.49. The second kappa shape index (κ2) is 8.09. The molecule has 0 spiro atoms. The van der Waals surface area contributed by atoms with E-state index in [4.69, 9.17) is 0 Å². The number of nitrogens with zero attached hydrogens (tertiary/aromatic N) is 3. The van der Waals surface area contributed by atoms with Crippen molar-refractivity contribution in [3.63, 3.8) is 0 Å². The Hall–Kier alpha value is -4.12. The van der Waals surface area contributed by atoms with Gasteiger partial charge in [-0.3, -0.25) is 29.8 Å². The zero-order chi connectivity index (χ0) is 22.0. The van der Waals surface area contributed by atoms with E-state index in [1.807, 2.05) is 0 Å². The normalized spacial score (nSPS) is 17.9. The van der Waals surface area contributed by atoms with Crippen LogP contribution in [0.5, 0.6) is 0 Å². The summed E-state index contributed by atoms with van der Waals surface area (Å²) in [5.41, 5.74) is -1.02. The molecule has 1 heterocycles. The van der Waals surface area contributed by atoms with E-state index < -0.39 is 45.5 Å². The third-order valence-electron chi connectivity index (χ3n) is 4.66. The highest BCUT2D eigenvalue weighted by molar-refractivity contribution is 6.46. The number of para-hydroxylation sites is 1. The monoisotopic (exact) mass is 413 g/mol. The van der Waals surface area contributed by atoms with Gasteiger partial charge in [-0.1, -0.05) is 12.1 Å². The first-order valence-electron chi connectivity index (χ1n) is 8.65. The maximum absolute atomic E-state index is 12.7. The second-order valence-corrected chi connectivity index (χ2v) is 6.34. The molecule has 11 heteroatoms. The Labute approximate surface area is 168 Å². The number of hydrogen-bond donors (Lipinski definition) is 2. The van der Waals surface area contributed by atoms with Crippen molar-refractivity contribution in [2.75, 3.05) is 13.2 Å². The maximum Gasteiger partial charge on any atom is 0.295 e. The zero-order valence-electron chi connectivity index (χ0n) is 15.3. The topological polar surface area (TPSA) is 164 Å². The van der Waals surface area contributed by atoms with Crippen LogP contribution in [0.4, 0.5) is 11.4 Å². The van der Waals surface area contributed by atoms with Gasteiger partial charge in [0.25, 0.3) is 23.1 Å². The molecule has 0 unspecified atom stereocenters. The lowest BCUT2D eigenvalue weighted by atomic mass is 9.94. The van der Waals surface area contributed by atoms with Crippen molar-refractivity contribution in [2.24, 2.45) is 0 Å². The number of benzene rings is 2. The lowest BCUT2D eigenvalue weighted by Crippen LogP contribution is -2.32. The molecule has 0 aliphatic carbocycles. The number of hydrogen-bond acceptors (Lipinski definition) is 8. The van der Waals surface area contributed by atoms with Crippen molar-refractivity contribution in [1.29, 1.82) is 0 Å². The first-order chi connectivity index (χ1) is 14.3. The van der Waals surface area contributed by atoms with E-state index in [1.54, 1.807) is 0 Å². The fourth-order valence-electron chi connectivity index (χ4n) is 3.32. The van der Waals surface area contributed by atoms with Crippen LogP contribution in [-0.4, -0.2) is 49.8 Å². The first-order valence-corrected chi connectivity index (χ1v) is 8.65. The molecule has 1 atom stereocenters. The van der Waals surface area contributed by atoms with Crippen LogP contribution in [0.3, 0.4) is 0 Å². The molecule has 0 radical (unpaired) electrons. The Morgan fingerprint density at radius 2 is 1.63 bits per heavy atom. The van der Waals surface area contributed by atoms with E-state index in [2.05, 4.69) is 0 Å². The number of nitro benzene ring substituents is 2. The van der Waals surface area contributed by atoms with Gasteiger partial charge in [-0.25, -0.2) is 0 Å². The summed E-state index contributed by atoms with van der Waals surface area (Å²) < 4.78 is 0. The van der Waals surface area contributed by atoms with Gasteiger partial charge in [-0.15, -0.1) is 0 Å². The van der Waals surface area contributed by atoms with Crippen molar-refractivity contribution >= 4 is 28.8 Å². The molecule has 30 heavy (non-hydrogen) atoms. The Balaban J connectivity index is 2.23. The molecule has 2 aromatic carbocycles. The minimum absolute atomic E-state index is 0.0152. The van der Waals surface area contributed by atoms with Gasteiger partial charge in [-0.2, -0.15) is 0 Å². The largest absolute Gasteiger partial charge is 0.507 e. The highest BCUT2D eigenvalue weighted by Gasteiger charge is 2.47. The smallest absolute Gasteiger partial charge is 0.295 e. The molecule has 11 nitrogen and oxygen atoms in total. The van der Waals surface area contributed by atoms with Crippen molar-refractivity contribution in [1.82, 2.24) is 4.90 Å². The van der Waals surface area contributed by atoms with Crippen LogP contribution in [0.25, 0.3) is 5.76 Å². The van der Waals surface area contributed by atoms with Gasteiger partial charge in [0.05, 0.1) is 33.6 Å². The summed E-state index contributed by atoms with van der Waals surface area (Å²) in [6, 6.07) is 8.74. The number of rotatable bonds is 6. The van der Waals surface area contributed by atoms with E-state index in [0.717, 1.165) is 17.0 Å². The minimum atomic E-state index is -1.31. The quantitative estimate of drug-likeness (QED) is 0.238. The molecule has 2 N–H and O–H groups in total.